The molecular weight excluding hydrogens is 334 g/mol. The summed E-state index contributed by atoms with van der Waals surface area (Å²) < 4.78 is 23.7. The van der Waals surface area contributed by atoms with Crippen LogP contribution in [0.4, 0.5) is 0 Å². The average molecular weight is 359 g/mol. The number of sulfone groups is 1. The summed E-state index contributed by atoms with van der Waals surface area (Å²) in [4.78, 5) is 12.6. The lowest BCUT2D eigenvalue weighted by Crippen LogP contribution is -2.28. The van der Waals surface area contributed by atoms with Crippen LogP contribution < -0.4 is 5.32 Å². The van der Waals surface area contributed by atoms with E-state index in [4.69, 9.17) is 0 Å². The van der Waals surface area contributed by atoms with Gasteiger partial charge in [0.15, 0.2) is 9.84 Å². The van der Waals surface area contributed by atoms with E-state index >= 15 is 0 Å². The molecule has 0 aromatic heterocycles. The van der Waals surface area contributed by atoms with E-state index in [1.165, 1.54) is 17.7 Å². The van der Waals surface area contributed by atoms with Crippen molar-refractivity contribution in [3.05, 3.63) is 65.2 Å². The molecule has 0 bridgehead atoms. The first-order chi connectivity index (χ1) is 11.5. The molecule has 5 heteroatoms. The minimum Gasteiger partial charge on any atom is -0.345 e. The molecule has 1 N–H and O–H groups in total. The Morgan fingerprint density at radius 3 is 2.08 bits per heavy atom. The van der Waals surface area contributed by atoms with Crippen molar-refractivity contribution in [1.82, 2.24) is 5.32 Å². The number of rotatable bonds is 4. The lowest BCUT2D eigenvalue weighted by molar-refractivity contribution is 0.0936. The minimum atomic E-state index is -3.46. The fraction of sp³-hybridized carbons (Fsp3) is 0.350. The van der Waals surface area contributed by atoms with Crippen molar-refractivity contribution in [3.8, 4) is 0 Å². The van der Waals surface area contributed by atoms with Crippen molar-refractivity contribution >= 4 is 15.7 Å². The first-order valence-corrected chi connectivity index (χ1v) is 10.1. The van der Waals surface area contributed by atoms with Gasteiger partial charge < -0.3 is 5.32 Å². The van der Waals surface area contributed by atoms with Gasteiger partial charge in [0.05, 0.1) is 16.5 Å². The van der Waals surface area contributed by atoms with E-state index in [0.717, 1.165) is 11.8 Å². The average Bonchev–Trinajstić information content (AvgIpc) is 2.53. The fourth-order valence-corrected chi connectivity index (χ4v) is 3.49. The minimum absolute atomic E-state index is 0.0442. The topological polar surface area (TPSA) is 63.2 Å². The van der Waals surface area contributed by atoms with Gasteiger partial charge in [-0.1, -0.05) is 57.2 Å². The van der Waals surface area contributed by atoms with E-state index in [1.807, 2.05) is 19.1 Å². The Labute approximate surface area is 150 Å². The summed E-state index contributed by atoms with van der Waals surface area (Å²) in [6.07, 6.45) is 1.10. The SMILES string of the molecule is CC(NC(=O)c1ccccc1S(C)(=O)=O)c1ccc(C(C)(C)C)cc1. The van der Waals surface area contributed by atoms with Crippen LogP contribution in [0.1, 0.15) is 55.2 Å². The second kappa shape index (κ2) is 7.00. The van der Waals surface area contributed by atoms with Crippen LogP contribution in [0, 0.1) is 0 Å². The van der Waals surface area contributed by atoms with Gasteiger partial charge in [0.2, 0.25) is 0 Å². The van der Waals surface area contributed by atoms with Crippen LogP contribution in [0.2, 0.25) is 0 Å². The Balaban J connectivity index is 2.22. The first kappa shape index (κ1) is 19.2. The van der Waals surface area contributed by atoms with Crippen molar-refractivity contribution in [2.45, 2.75) is 44.0 Å². The van der Waals surface area contributed by atoms with E-state index in [1.54, 1.807) is 12.1 Å². The van der Waals surface area contributed by atoms with Gasteiger partial charge in [-0.05, 0) is 35.6 Å². The summed E-state index contributed by atoms with van der Waals surface area (Å²) in [5.74, 6) is -0.395. The molecule has 0 heterocycles. The molecule has 0 fully saturated rings. The van der Waals surface area contributed by atoms with Crippen molar-refractivity contribution < 1.29 is 13.2 Å². The second-order valence-electron chi connectivity index (χ2n) is 7.34. The number of amides is 1. The summed E-state index contributed by atoms with van der Waals surface area (Å²) in [5, 5.41) is 2.88. The quantitative estimate of drug-likeness (QED) is 0.901. The molecule has 2 aromatic carbocycles. The predicted octanol–water partition coefficient (Wildman–Crippen LogP) is 3.88. The van der Waals surface area contributed by atoms with Gasteiger partial charge in [-0.3, -0.25) is 4.79 Å². The summed E-state index contributed by atoms with van der Waals surface area (Å²) in [5.41, 5.74) is 2.43. The fourth-order valence-electron chi connectivity index (χ4n) is 2.61. The molecule has 2 rings (SSSR count). The Bertz CT molecular complexity index is 863. The van der Waals surface area contributed by atoms with Crippen LogP contribution >= 0.6 is 0 Å². The van der Waals surface area contributed by atoms with Crippen LogP contribution in [0.3, 0.4) is 0 Å². The molecule has 0 saturated heterocycles. The van der Waals surface area contributed by atoms with Crippen molar-refractivity contribution in [2.24, 2.45) is 0 Å². The van der Waals surface area contributed by atoms with Crippen molar-refractivity contribution in [3.63, 3.8) is 0 Å². The predicted molar refractivity (Wildman–Crippen MR) is 101 cm³/mol. The highest BCUT2D eigenvalue weighted by Gasteiger charge is 2.20. The first-order valence-electron chi connectivity index (χ1n) is 8.20. The monoisotopic (exact) mass is 359 g/mol. The third-order valence-electron chi connectivity index (χ3n) is 4.16. The number of hydrogen-bond donors (Lipinski definition) is 1. The normalized spacial score (nSPS) is 13.3. The lowest BCUT2D eigenvalue weighted by Gasteiger charge is -2.21. The van der Waals surface area contributed by atoms with Gasteiger partial charge in [-0.25, -0.2) is 8.42 Å². The third kappa shape index (κ3) is 4.69. The van der Waals surface area contributed by atoms with E-state index in [-0.39, 0.29) is 21.9 Å². The van der Waals surface area contributed by atoms with E-state index in [0.29, 0.717) is 0 Å². The molecule has 1 unspecified atom stereocenters. The molecule has 0 radical (unpaired) electrons. The maximum Gasteiger partial charge on any atom is 0.253 e. The molecule has 1 amide bonds. The molecule has 134 valence electrons. The third-order valence-corrected chi connectivity index (χ3v) is 5.31. The van der Waals surface area contributed by atoms with Gasteiger partial charge in [0.1, 0.15) is 0 Å². The highest BCUT2D eigenvalue weighted by molar-refractivity contribution is 7.90. The van der Waals surface area contributed by atoms with E-state index < -0.39 is 15.7 Å². The lowest BCUT2D eigenvalue weighted by atomic mass is 9.86. The summed E-state index contributed by atoms with van der Waals surface area (Å²) >= 11 is 0. The van der Waals surface area contributed by atoms with Crippen LogP contribution in [0.25, 0.3) is 0 Å². The molecule has 0 spiro atoms. The molecule has 1 atom stereocenters. The number of carbonyl (C=O) groups excluding carboxylic acids is 1. The maximum atomic E-state index is 12.5. The zero-order chi connectivity index (χ0) is 18.8. The van der Waals surface area contributed by atoms with Crippen LogP contribution in [-0.2, 0) is 15.3 Å². The van der Waals surface area contributed by atoms with Crippen LogP contribution in [0.5, 0.6) is 0 Å². The molecular formula is C20H25NO3S. The molecule has 0 aliphatic rings. The largest absolute Gasteiger partial charge is 0.345 e. The zero-order valence-electron chi connectivity index (χ0n) is 15.3. The molecule has 0 aliphatic carbocycles. The molecule has 0 aliphatic heterocycles. The van der Waals surface area contributed by atoms with Crippen LogP contribution in [0.15, 0.2) is 53.4 Å². The zero-order valence-corrected chi connectivity index (χ0v) is 16.1. The molecule has 4 nitrogen and oxygen atoms in total. The Hall–Kier alpha value is -2.14. The van der Waals surface area contributed by atoms with Crippen LogP contribution in [-0.4, -0.2) is 20.6 Å². The van der Waals surface area contributed by atoms with E-state index in [2.05, 4.69) is 38.2 Å². The molecule has 2 aromatic rings. The Kier molecular flexibility index (Phi) is 5.37. The van der Waals surface area contributed by atoms with Gasteiger partial charge in [-0.2, -0.15) is 0 Å². The number of hydrogen-bond acceptors (Lipinski definition) is 3. The highest BCUT2D eigenvalue weighted by Crippen LogP contribution is 2.24. The van der Waals surface area contributed by atoms with Crippen molar-refractivity contribution in [1.29, 1.82) is 0 Å². The van der Waals surface area contributed by atoms with Gasteiger partial charge in [-0.15, -0.1) is 0 Å². The summed E-state index contributed by atoms with van der Waals surface area (Å²) in [6, 6.07) is 14.1. The van der Waals surface area contributed by atoms with E-state index in [9.17, 15) is 13.2 Å². The van der Waals surface area contributed by atoms with Gasteiger partial charge >= 0.3 is 0 Å². The maximum absolute atomic E-state index is 12.5. The second-order valence-corrected chi connectivity index (χ2v) is 9.32. The molecule has 0 saturated carbocycles. The number of nitrogens with one attached hydrogen (secondary N) is 1. The Morgan fingerprint density at radius 1 is 1.00 bits per heavy atom. The number of carbonyl (C=O) groups is 1. The smallest absolute Gasteiger partial charge is 0.253 e. The Morgan fingerprint density at radius 2 is 1.56 bits per heavy atom. The molecule has 25 heavy (non-hydrogen) atoms. The standard InChI is InChI=1S/C20H25NO3S/c1-14(15-10-12-16(13-11-15)20(2,3)4)21-19(22)17-8-6-7-9-18(17)25(5,23)24/h6-14H,1-5H3,(H,21,22). The summed E-state index contributed by atoms with van der Waals surface area (Å²) in [6.45, 7) is 8.33. The number of benzene rings is 2. The van der Waals surface area contributed by atoms with Crippen molar-refractivity contribution in [2.75, 3.05) is 6.26 Å². The summed E-state index contributed by atoms with van der Waals surface area (Å²) in [7, 11) is -3.46. The van der Waals surface area contributed by atoms with Gasteiger partial charge in [0, 0.05) is 6.26 Å². The highest BCUT2D eigenvalue weighted by atomic mass is 32.2. The van der Waals surface area contributed by atoms with Gasteiger partial charge in [0.25, 0.3) is 5.91 Å².